The quantitative estimate of drug-likeness (QED) is 0.0267. The molecule has 1 saturated heterocycles. The predicted molar refractivity (Wildman–Crippen MR) is 274 cm³/mol. The fourth-order valence-electron chi connectivity index (χ4n) is 8.23. The van der Waals surface area contributed by atoms with Crippen LogP contribution in [0, 0.1) is 0 Å². The number of rotatable bonds is 47. The molecular weight excluding hydrogens is 829 g/mol. The van der Waals surface area contributed by atoms with Gasteiger partial charge in [-0.2, -0.15) is 0 Å². The van der Waals surface area contributed by atoms with E-state index in [0.717, 1.165) is 70.6 Å². The predicted octanol–water partition coefficient (Wildman–Crippen LogP) is 13.8. The highest BCUT2D eigenvalue weighted by Gasteiger charge is 2.44. The summed E-state index contributed by atoms with van der Waals surface area (Å²) in [5.41, 5.74) is 0. The Balaban J connectivity index is 2.18. The molecule has 0 saturated carbocycles. The van der Waals surface area contributed by atoms with E-state index in [1.54, 1.807) is 0 Å². The SMILES string of the molecule is CC/C=C\C/C=C\C/C=C\C/C=C\C/C=C\CCCCOCC(COC1OC(CO)C(O)C(O)C1O)OC(=O)CCCCCCCCCCCCCCCCCCCCCCCCCCC. The van der Waals surface area contributed by atoms with Gasteiger partial charge in [0.1, 0.15) is 30.5 Å². The zero-order valence-corrected chi connectivity index (χ0v) is 42.4. The molecule has 6 unspecified atom stereocenters. The molecule has 1 aliphatic heterocycles. The maximum absolute atomic E-state index is 12.9. The minimum atomic E-state index is -1.55. The third-order valence-electron chi connectivity index (χ3n) is 12.4. The lowest BCUT2D eigenvalue weighted by atomic mass is 9.99. The van der Waals surface area contributed by atoms with E-state index >= 15 is 0 Å². The van der Waals surface area contributed by atoms with E-state index in [1.165, 1.54) is 141 Å². The highest BCUT2D eigenvalue weighted by atomic mass is 16.7. The lowest BCUT2D eigenvalue weighted by Crippen LogP contribution is -2.59. The Bertz CT molecular complexity index is 1200. The molecule has 6 atom stereocenters. The second-order valence-corrected chi connectivity index (χ2v) is 18.7. The zero-order chi connectivity index (χ0) is 47.8. The van der Waals surface area contributed by atoms with E-state index in [4.69, 9.17) is 18.9 Å². The normalized spacial score (nSPS) is 19.8. The number of ether oxygens (including phenoxy) is 4. The summed E-state index contributed by atoms with van der Waals surface area (Å²) >= 11 is 0. The molecule has 0 aromatic carbocycles. The van der Waals surface area contributed by atoms with E-state index in [-0.39, 0.29) is 19.2 Å². The fourth-order valence-corrected chi connectivity index (χ4v) is 8.23. The van der Waals surface area contributed by atoms with Crippen LogP contribution in [0.15, 0.2) is 60.8 Å². The third kappa shape index (κ3) is 37.8. The molecule has 1 aliphatic rings. The lowest BCUT2D eigenvalue weighted by Gasteiger charge is -2.39. The molecule has 384 valence electrons. The average Bonchev–Trinajstić information content (AvgIpc) is 3.32. The maximum Gasteiger partial charge on any atom is 0.306 e. The molecule has 0 radical (unpaired) electrons. The van der Waals surface area contributed by atoms with Crippen molar-refractivity contribution in [2.75, 3.05) is 26.4 Å². The van der Waals surface area contributed by atoms with Crippen LogP contribution in [0.1, 0.15) is 232 Å². The fraction of sp³-hybridized carbons (Fsp3) is 0.807. The Labute approximate surface area is 405 Å². The molecule has 0 aliphatic carbocycles. The van der Waals surface area contributed by atoms with Crippen molar-refractivity contribution in [2.45, 2.75) is 269 Å². The van der Waals surface area contributed by atoms with Crippen molar-refractivity contribution >= 4 is 5.97 Å². The molecule has 66 heavy (non-hydrogen) atoms. The Morgan fingerprint density at radius 2 is 0.924 bits per heavy atom. The van der Waals surface area contributed by atoms with Crippen molar-refractivity contribution < 1.29 is 44.2 Å². The monoisotopic (exact) mass is 931 g/mol. The largest absolute Gasteiger partial charge is 0.457 e. The highest BCUT2D eigenvalue weighted by Crippen LogP contribution is 2.23. The summed E-state index contributed by atoms with van der Waals surface area (Å²) in [6.07, 6.45) is 55.6. The van der Waals surface area contributed by atoms with Gasteiger partial charge in [0.2, 0.25) is 0 Å². The topological polar surface area (TPSA) is 135 Å². The van der Waals surface area contributed by atoms with Crippen LogP contribution in [0.3, 0.4) is 0 Å². The van der Waals surface area contributed by atoms with E-state index in [0.29, 0.717) is 13.0 Å². The van der Waals surface area contributed by atoms with Gasteiger partial charge >= 0.3 is 5.97 Å². The van der Waals surface area contributed by atoms with Gasteiger partial charge in [-0.05, 0) is 57.8 Å². The van der Waals surface area contributed by atoms with Crippen LogP contribution in [0.5, 0.6) is 0 Å². The molecule has 1 fully saturated rings. The van der Waals surface area contributed by atoms with Gasteiger partial charge in [-0.15, -0.1) is 0 Å². The van der Waals surface area contributed by atoms with Crippen molar-refractivity contribution in [2.24, 2.45) is 0 Å². The summed E-state index contributed by atoms with van der Waals surface area (Å²) in [4.78, 5) is 12.9. The number of carbonyl (C=O) groups excluding carboxylic acids is 1. The Morgan fingerprint density at radius 3 is 1.36 bits per heavy atom. The molecule has 0 aromatic heterocycles. The summed E-state index contributed by atoms with van der Waals surface area (Å²) in [6.45, 7) is 4.37. The van der Waals surface area contributed by atoms with E-state index < -0.39 is 43.4 Å². The van der Waals surface area contributed by atoms with Gasteiger partial charge in [-0.3, -0.25) is 4.79 Å². The van der Waals surface area contributed by atoms with E-state index in [9.17, 15) is 25.2 Å². The Hall–Kier alpha value is -2.11. The summed E-state index contributed by atoms with van der Waals surface area (Å²) in [6, 6.07) is 0. The van der Waals surface area contributed by atoms with Gasteiger partial charge in [0.25, 0.3) is 0 Å². The summed E-state index contributed by atoms with van der Waals surface area (Å²) < 4.78 is 22.9. The molecule has 9 nitrogen and oxygen atoms in total. The van der Waals surface area contributed by atoms with Crippen LogP contribution in [-0.4, -0.2) is 89.6 Å². The molecule has 1 heterocycles. The van der Waals surface area contributed by atoms with Crippen LogP contribution in [0.25, 0.3) is 0 Å². The van der Waals surface area contributed by atoms with Crippen LogP contribution in [0.4, 0.5) is 0 Å². The van der Waals surface area contributed by atoms with Gasteiger partial charge in [0, 0.05) is 13.0 Å². The first-order chi connectivity index (χ1) is 32.4. The summed E-state index contributed by atoms with van der Waals surface area (Å²) in [5.74, 6) is -0.325. The number of allylic oxidation sites excluding steroid dienone is 10. The minimum Gasteiger partial charge on any atom is -0.457 e. The first-order valence-corrected chi connectivity index (χ1v) is 27.4. The van der Waals surface area contributed by atoms with Crippen molar-refractivity contribution in [3.63, 3.8) is 0 Å². The molecule has 0 amide bonds. The molecular formula is C57H102O9. The lowest BCUT2D eigenvalue weighted by molar-refractivity contribution is -0.305. The number of aliphatic hydroxyl groups excluding tert-OH is 4. The molecule has 0 aromatic rings. The van der Waals surface area contributed by atoms with Crippen molar-refractivity contribution in [1.82, 2.24) is 0 Å². The number of carbonyl (C=O) groups is 1. The second kappa shape index (κ2) is 47.9. The van der Waals surface area contributed by atoms with E-state index in [1.807, 2.05) is 0 Å². The second-order valence-electron chi connectivity index (χ2n) is 18.7. The average molecular weight is 931 g/mol. The van der Waals surface area contributed by atoms with Crippen LogP contribution < -0.4 is 0 Å². The van der Waals surface area contributed by atoms with Gasteiger partial charge in [0.15, 0.2) is 6.29 Å². The summed E-state index contributed by atoms with van der Waals surface area (Å²) in [5, 5.41) is 40.3. The Morgan fingerprint density at radius 1 is 0.500 bits per heavy atom. The van der Waals surface area contributed by atoms with Crippen molar-refractivity contribution in [1.29, 1.82) is 0 Å². The first-order valence-electron chi connectivity index (χ1n) is 27.4. The third-order valence-corrected chi connectivity index (χ3v) is 12.4. The first kappa shape index (κ1) is 61.9. The van der Waals surface area contributed by atoms with Crippen LogP contribution >= 0.6 is 0 Å². The van der Waals surface area contributed by atoms with E-state index in [2.05, 4.69) is 74.6 Å². The van der Waals surface area contributed by atoms with Gasteiger partial charge < -0.3 is 39.4 Å². The molecule has 0 bridgehead atoms. The van der Waals surface area contributed by atoms with Crippen molar-refractivity contribution in [3.05, 3.63) is 60.8 Å². The van der Waals surface area contributed by atoms with Gasteiger partial charge in [0.05, 0.1) is 19.8 Å². The minimum absolute atomic E-state index is 0.115. The Kier molecular flexibility index (Phi) is 45.0. The van der Waals surface area contributed by atoms with Gasteiger partial charge in [-0.1, -0.05) is 229 Å². The maximum atomic E-state index is 12.9. The zero-order valence-electron chi connectivity index (χ0n) is 42.4. The standard InChI is InChI=1S/C57H102O9/c1-3-5-7-9-11-13-15-17-19-21-23-24-25-26-27-28-29-30-32-34-36-38-40-42-44-46-53(59)65-51(50-64-57-56(62)55(61)54(60)52(48-58)66-57)49-63-47-45-43-41-39-37-35-33-31-22-20-18-16-14-12-10-8-6-4-2/h6,8,12,14,18,20,31,33,37,39,51-52,54-58,60-62H,3-5,7,9-11,13,15-17,19,21-30,32,34-36,38,40-50H2,1-2H3/b8-6-,14-12-,20-18-,33-31-,39-37-. The summed E-state index contributed by atoms with van der Waals surface area (Å²) in [7, 11) is 0. The smallest absolute Gasteiger partial charge is 0.306 e. The number of aliphatic hydroxyl groups is 4. The number of esters is 1. The number of hydrogen-bond donors (Lipinski definition) is 4. The van der Waals surface area contributed by atoms with Gasteiger partial charge in [-0.25, -0.2) is 0 Å². The molecule has 9 heteroatoms. The van der Waals surface area contributed by atoms with Crippen LogP contribution in [0.2, 0.25) is 0 Å². The van der Waals surface area contributed by atoms with Crippen molar-refractivity contribution in [3.8, 4) is 0 Å². The number of unbranched alkanes of at least 4 members (excludes halogenated alkanes) is 26. The number of hydrogen-bond acceptors (Lipinski definition) is 9. The van der Waals surface area contributed by atoms with Crippen LogP contribution in [-0.2, 0) is 23.7 Å². The highest BCUT2D eigenvalue weighted by molar-refractivity contribution is 5.69. The molecule has 0 spiro atoms. The molecule has 4 N–H and O–H groups in total. The molecule has 1 rings (SSSR count).